The molecule has 0 bridgehead atoms. The Morgan fingerprint density at radius 2 is 1.82 bits per heavy atom. The van der Waals surface area contributed by atoms with Crippen LogP contribution >= 0.6 is 11.6 Å². The molecule has 0 N–H and O–H groups in total. The molecule has 1 amide bonds. The third kappa shape index (κ3) is 3.97. The Morgan fingerprint density at radius 3 is 2.61 bits per heavy atom. The van der Waals surface area contributed by atoms with Crippen LogP contribution in [0.4, 0.5) is 13.2 Å². The van der Waals surface area contributed by atoms with E-state index in [1.165, 1.54) is 12.1 Å². The Morgan fingerprint density at radius 1 is 1.06 bits per heavy atom. The number of fused-ring (bicyclic) bond motifs is 1. The van der Waals surface area contributed by atoms with Crippen LogP contribution in [0.5, 0.6) is 0 Å². The Balaban J connectivity index is 1.50. The van der Waals surface area contributed by atoms with Gasteiger partial charge in [0.25, 0.3) is 5.91 Å². The van der Waals surface area contributed by atoms with Gasteiger partial charge in [0.15, 0.2) is 5.58 Å². The summed E-state index contributed by atoms with van der Waals surface area (Å²) in [4.78, 5) is 19.3. The van der Waals surface area contributed by atoms with Crippen molar-refractivity contribution >= 4 is 28.6 Å². The summed E-state index contributed by atoms with van der Waals surface area (Å²) in [6.07, 6.45) is -3.01. The zero-order valence-corrected chi connectivity index (χ0v) is 18.0. The van der Waals surface area contributed by atoms with Crippen molar-refractivity contribution in [2.24, 2.45) is 0 Å². The average molecular weight is 471 g/mol. The molecular formula is C25H18ClF3N2O2. The first-order chi connectivity index (χ1) is 15.8. The van der Waals surface area contributed by atoms with Crippen LogP contribution in [0.3, 0.4) is 0 Å². The maximum atomic E-state index is 13.5. The lowest BCUT2D eigenvalue weighted by molar-refractivity contribution is -0.137. The van der Waals surface area contributed by atoms with Crippen molar-refractivity contribution < 1.29 is 22.4 Å². The Labute approximate surface area is 192 Å². The third-order valence-corrected chi connectivity index (χ3v) is 6.18. The highest BCUT2D eigenvalue weighted by atomic mass is 35.5. The lowest BCUT2D eigenvalue weighted by Crippen LogP contribution is -2.30. The van der Waals surface area contributed by atoms with Gasteiger partial charge in [0, 0.05) is 6.54 Å². The number of amides is 1. The highest BCUT2D eigenvalue weighted by Gasteiger charge is 2.35. The topological polar surface area (TPSA) is 46.3 Å². The van der Waals surface area contributed by atoms with Gasteiger partial charge in [-0.2, -0.15) is 13.2 Å². The van der Waals surface area contributed by atoms with E-state index in [0.717, 1.165) is 12.5 Å². The minimum Gasteiger partial charge on any atom is -0.438 e. The zero-order valence-electron chi connectivity index (χ0n) is 17.3. The fourth-order valence-corrected chi connectivity index (χ4v) is 4.51. The number of hydrogen-bond acceptors (Lipinski definition) is 3. The summed E-state index contributed by atoms with van der Waals surface area (Å²) in [6, 6.07) is 16.7. The van der Waals surface area contributed by atoms with E-state index in [1.54, 1.807) is 53.4 Å². The second-order valence-corrected chi connectivity index (χ2v) is 8.32. The number of nitrogens with zero attached hydrogens (tertiary/aromatic N) is 2. The number of oxazole rings is 1. The van der Waals surface area contributed by atoms with Crippen LogP contribution in [0.1, 0.15) is 40.7 Å². The molecule has 0 unspecified atom stereocenters. The van der Waals surface area contributed by atoms with E-state index in [2.05, 4.69) is 4.98 Å². The molecule has 2 heterocycles. The molecule has 5 rings (SSSR count). The minimum atomic E-state index is -4.47. The van der Waals surface area contributed by atoms with E-state index in [4.69, 9.17) is 16.0 Å². The van der Waals surface area contributed by atoms with Gasteiger partial charge in [0.1, 0.15) is 11.6 Å². The maximum absolute atomic E-state index is 13.5. The van der Waals surface area contributed by atoms with Crippen molar-refractivity contribution in [3.63, 3.8) is 0 Å². The highest BCUT2D eigenvalue weighted by molar-refractivity contribution is 6.33. The average Bonchev–Trinajstić information content (AvgIpc) is 3.45. The SMILES string of the molecule is O=C(c1ccccc1Cl)N1CCC[C@@H]1c1nc2cc(-c3ccccc3C(F)(F)F)ccc2o1. The fraction of sp³-hybridized carbons (Fsp3) is 0.200. The summed E-state index contributed by atoms with van der Waals surface area (Å²) in [6.45, 7) is 0.539. The van der Waals surface area contributed by atoms with Crippen LogP contribution in [-0.4, -0.2) is 22.3 Å². The molecule has 1 saturated heterocycles. The number of halogens is 4. The van der Waals surface area contributed by atoms with Gasteiger partial charge >= 0.3 is 6.18 Å². The standard InChI is InChI=1S/C25H18ClF3N2O2/c26-19-9-4-2-7-17(19)24(32)31-13-5-10-21(31)23-30-20-14-15(11-12-22(20)33-23)16-6-1-3-8-18(16)25(27,28)29/h1-4,6-9,11-12,14,21H,5,10,13H2/t21-/m1/s1. The molecule has 0 saturated carbocycles. The molecule has 33 heavy (non-hydrogen) atoms. The molecule has 3 aromatic carbocycles. The first kappa shape index (κ1) is 21.5. The molecule has 1 fully saturated rings. The second kappa shape index (κ2) is 8.23. The van der Waals surface area contributed by atoms with E-state index in [0.29, 0.717) is 46.1 Å². The van der Waals surface area contributed by atoms with Crippen molar-refractivity contribution in [3.05, 3.63) is 88.8 Å². The van der Waals surface area contributed by atoms with Crippen LogP contribution < -0.4 is 0 Å². The molecule has 0 aliphatic carbocycles. The Hall–Kier alpha value is -3.32. The second-order valence-electron chi connectivity index (χ2n) is 7.91. The predicted molar refractivity (Wildman–Crippen MR) is 119 cm³/mol. The van der Waals surface area contributed by atoms with Crippen LogP contribution in [0.25, 0.3) is 22.2 Å². The molecule has 1 aliphatic rings. The summed E-state index contributed by atoms with van der Waals surface area (Å²) < 4.78 is 46.3. The molecule has 0 radical (unpaired) electrons. The highest BCUT2D eigenvalue weighted by Crippen LogP contribution is 2.39. The number of rotatable bonds is 3. The summed E-state index contributed by atoms with van der Waals surface area (Å²) >= 11 is 6.21. The van der Waals surface area contributed by atoms with Crippen LogP contribution in [-0.2, 0) is 6.18 Å². The molecule has 1 atom stereocenters. The van der Waals surface area contributed by atoms with Crippen molar-refractivity contribution in [2.75, 3.05) is 6.54 Å². The number of carbonyl (C=O) groups excluding carboxylic acids is 1. The Bertz CT molecular complexity index is 1350. The van der Waals surface area contributed by atoms with Gasteiger partial charge in [-0.25, -0.2) is 4.98 Å². The van der Waals surface area contributed by atoms with Crippen LogP contribution in [0.2, 0.25) is 5.02 Å². The Kier molecular flexibility index (Phi) is 5.37. The van der Waals surface area contributed by atoms with Gasteiger partial charge in [0.2, 0.25) is 5.89 Å². The lowest BCUT2D eigenvalue weighted by atomic mass is 9.99. The van der Waals surface area contributed by atoms with Gasteiger partial charge in [0.05, 0.1) is 16.1 Å². The van der Waals surface area contributed by atoms with Gasteiger partial charge in [-0.3, -0.25) is 4.79 Å². The van der Waals surface area contributed by atoms with Crippen molar-refractivity contribution in [3.8, 4) is 11.1 Å². The summed E-state index contributed by atoms with van der Waals surface area (Å²) in [7, 11) is 0. The first-order valence-corrected chi connectivity index (χ1v) is 10.8. The normalized spacial score (nSPS) is 16.5. The quantitative estimate of drug-likeness (QED) is 0.319. The maximum Gasteiger partial charge on any atom is 0.417 e. The van der Waals surface area contributed by atoms with E-state index < -0.39 is 11.7 Å². The van der Waals surface area contributed by atoms with E-state index in [-0.39, 0.29) is 17.5 Å². The number of carbonyl (C=O) groups is 1. The van der Waals surface area contributed by atoms with Crippen molar-refractivity contribution in [2.45, 2.75) is 25.1 Å². The van der Waals surface area contributed by atoms with E-state index in [1.807, 2.05) is 0 Å². The molecular weight excluding hydrogens is 453 g/mol. The van der Waals surface area contributed by atoms with Gasteiger partial charge < -0.3 is 9.32 Å². The molecule has 4 aromatic rings. The number of benzene rings is 3. The number of alkyl halides is 3. The fourth-order valence-electron chi connectivity index (χ4n) is 4.29. The monoisotopic (exact) mass is 470 g/mol. The minimum absolute atomic E-state index is 0.0767. The molecule has 8 heteroatoms. The molecule has 4 nitrogen and oxygen atoms in total. The van der Waals surface area contributed by atoms with Gasteiger partial charge in [-0.05, 0) is 54.3 Å². The zero-order chi connectivity index (χ0) is 23.2. The summed E-state index contributed by atoms with van der Waals surface area (Å²) in [5.41, 5.74) is 1.07. The summed E-state index contributed by atoms with van der Waals surface area (Å²) in [5, 5.41) is 0.374. The van der Waals surface area contributed by atoms with E-state index >= 15 is 0 Å². The molecule has 1 aliphatic heterocycles. The van der Waals surface area contributed by atoms with Crippen LogP contribution in [0.15, 0.2) is 71.1 Å². The molecule has 1 aromatic heterocycles. The lowest BCUT2D eigenvalue weighted by Gasteiger charge is -2.22. The number of aromatic nitrogens is 1. The number of hydrogen-bond donors (Lipinski definition) is 0. The smallest absolute Gasteiger partial charge is 0.417 e. The van der Waals surface area contributed by atoms with Gasteiger partial charge in [-0.15, -0.1) is 0 Å². The predicted octanol–water partition coefficient (Wildman–Crippen LogP) is 7.14. The summed E-state index contributed by atoms with van der Waals surface area (Å²) in [5.74, 6) is 0.161. The van der Waals surface area contributed by atoms with Crippen molar-refractivity contribution in [1.29, 1.82) is 0 Å². The van der Waals surface area contributed by atoms with Gasteiger partial charge in [-0.1, -0.05) is 48.0 Å². The van der Waals surface area contributed by atoms with E-state index in [9.17, 15) is 18.0 Å². The van der Waals surface area contributed by atoms with Crippen LogP contribution in [0, 0.1) is 0 Å². The number of likely N-dealkylation sites (tertiary alicyclic amines) is 1. The largest absolute Gasteiger partial charge is 0.438 e. The first-order valence-electron chi connectivity index (χ1n) is 10.5. The molecule has 0 spiro atoms. The molecule has 168 valence electrons. The third-order valence-electron chi connectivity index (χ3n) is 5.85. The van der Waals surface area contributed by atoms with Crippen molar-refractivity contribution in [1.82, 2.24) is 9.88 Å².